The monoisotopic (exact) mass is 361 g/mol. The van der Waals surface area contributed by atoms with E-state index in [1.807, 2.05) is 18.4 Å². The Labute approximate surface area is 146 Å². The van der Waals surface area contributed by atoms with Crippen molar-refractivity contribution in [2.24, 2.45) is 5.10 Å². The first-order chi connectivity index (χ1) is 11.9. The number of aromatic nitrogens is 1. The third-order valence-corrected chi connectivity index (χ3v) is 4.31. The minimum Gasteiger partial charge on any atom is -0.253 e. The molecule has 0 unspecified atom stereocenters. The van der Waals surface area contributed by atoms with Crippen molar-refractivity contribution in [1.82, 2.24) is 4.98 Å². The molecule has 0 atom stereocenters. The molecule has 0 aliphatic rings. The summed E-state index contributed by atoms with van der Waals surface area (Å²) in [6.45, 7) is 1.88. The van der Waals surface area contributed by atoms with Crippen LogP contribution in [0, 0.1) is 6.92 Å². The van der Waals surface area contributed by atoms with E-state index >= 15 is 0 Å². The number of hydrogen-bond donors (Lipinski definition) is 1. The van der Waals surface area contributed by atoms with Crippen LogP contribution in [0.5, 0.6) is 0 Å². The smallest absolute Gasteiger partial charge is 0.253 e. The highest BCUT2D eigenvalue weighted by molar-refractivity contribution is 7.13. The van der Waals surface area contributed by atoms with Gasteiger partial charge in [0, 0.05) is 10.9 Å². The maximum atomic E-state index is 12.9. The summed E-state index contributed by atoms with van der Waals surface area (Å²) < 4.78 is 38.8. The molecule has 25 heavy (non-hydrogen) atoms. The van der Waals surface area contributed by atoms with Crippen molar-refractivity contribution in [3.8, 4) is 11.1 Å². The van der Waals surface area contributed by atoms with Crippen molar-refractivity contribution < 1.29 is 13.2 Å². The Hall–Kier alpha value is -2.67. The molecule has 3 nitrogen and oxygen atoms in total. The van der Waals surface area contributed by atoms with Gasteiger partial charge in [0.2, 0.25) is 5.13 Å². The van der Waals surface area contributed by atoms with Gasteiger partial charge in [-0.2, -0.15) is 18.3 Å². The standard InChI is InChI=1S/C18H14F3N3S/c1-12-11-25-17(23-12)24-22-10-14-5-2-3-8-16(14)13-6-4-7-15(9-13)18(19,20)21/h2-11H,1H3,(H,23,24). The van der Waals surface area contributed by atoms with Gasteiger partial charge >= 0.3 is 6.18 Å². The van der Waals surface area contributed by atoms with E-state index in [0.29, 0.717) is 21.8 Å². The molecule has 3 rings (SSSR count). The van der Waals surface area contributed by atoms with Crippen molar-refractivity contribution in [2.75, 3.05) is 5.43 Å². The summed E-state index contributed by atoms with van der Waals surface area (Å²) in [6.07, 6.45) is -2.80. The third-order valence-electron chi connectivity index (χ3n) is 3.44. The zero-order chi connectivity index (χ0) is 17.9. The van der Waals surface area contributed by atoms with Crippen molar-refractivity contribution >= 4 is 22.7 Å². The van der Waals surface area contributed by atoms with E-state index < -0.39 is 11.7 Å². The van der Waals surface area contributed by atoms with Crippen LogP contribution in [0.2, 0.25) is 0 Å². The average Bonchev–Trinajstić information content (AvgIpc) is 3.00. The van der Waals surface area contributed by atoms with Crippen LogP contribution in [0.1, 0.15) is 16.8 Å². The van der Waals surface area contributed by atoms with Crippen LogP contribution in [0.4, 0.5) is 18.3 Å². The molecular formula is C18H14F3N3S. The summed E-state index contributed by atoms with van der Waals surface area (Å²) in [4.78, 5) is 4.23. The number of anilines is 1. The van der Waals surface area contributed by atoms with Gasteiger partial charge in [-0.05, 0) is 30.2 Å². The first-order valence-corrected chi connectivity index (χ1v) is 8.29. The highest BCUT2D eigenvalue weighted by Crippen LogP contribution is 2.32. The summed E-state index contributed by atoms with van der Waals surface area (Å²) in [5, 5.41) is 6.69. The molecular weight excluding hydrogens is 347 g/mol. The van der Waals surface area contributed by atoms with Gasteiger partial charge in [-0.25, -0.2) is 4.98 Å². The molecule has 2 aromatic carbocycles. The summed E-state index contributed by atoms with van der Waals surface area (Å²) >= 11 is 1.43. The predicted molar refractivity (Wildman–Crippen MR) is 94.9 cm³/mol. The normalized spacial score (nSPS) is 11.8. The second-order valence-corrected chi connectivity index (χ2v) is 6.19. The summed E-state index contributed by atoms with van der Waals surface area (Å²) in [5.41, 5.74) is 4.92. The van der Waals surface area contributed by atoms with Crippen LogP contribution in [0.25, 0.3) is 11.1 Å². The van der Waals surface area contributed by atoms with E-state index in [9.17, 15) is 13.2 Å². The van der Waals surface area contributed by atoms with Gasteiger partial charge in [-0.3, -0.25) is 5.43 Å². The number of hydrazone groups is 1. The molecule has 1 aromatic heterocycles. The van der Waals surface area contributed by atoms with Gasteiger partial charge in [0.25, 0.3) is 0 Å². The second-order valence-electron chi connectivity index (χ2n) is 5.33. The Bertz CT molecular complexity index is 900. The molecule has 0 bridgehead atoms. The van der Waals surface area contributed by atoms with Gasteiger partial charge in [-0.1, -0.05) is 36.4 Å². The Morgan fingerprint density at radius 2 is 1.92 bits per heavy atom. The number of aryl methyl sites for hydroxylation is 1. The largest absolute Gasteiger partial charge is 0.416 e. The van der Waals surface area contributed by atoms with E-state index in [1.165, 1.54) is 17.4 Å². The molecule has 7 heteroatoms. The van der Waals surface area contributed by atoms with E-state index in [2.05, 4.69) is 15.5 Å². The topological polar surface area (TPSA) is 37.3 Å². The van der Waals surface area contributed by atoms with Crippen LogP contribution in [-0.2, 0) is 6.18 Å². The highest BCUT2D eigenvalue weighted by atomic mass is 32.1. The lowest BCUT2D eigenvalue weighted by atomic mass is 9.98. The van der Waals surface area contributed by atoms with Crippen LogP contribution in [-0.4, -0.2) is 11.2 Å². The van der Waals surface area contributed by atoms with Crippen molar-refractivity contribution in [2.45, 2.75) is 13.1 Å². The van der Waals surface area contributed by atoms with Gasteiger partial charge in [0.05, 0.1) is 17.5 Å². The molecule has 0 aliphatic heterocycles. The van der Waals surface area contributed by atoms with E-state index in [0.717, 1.165) is 17.8 Å². The molecule has 1 N–H and O–H groups in total. The fraction of sp³-hybridized carbons (Fsp3) is 0.111. The lowest BCUT2D eigenvalue weighted by molar-refractivity contribution is -0.137. The minimum atomic E-state index is -4.37. The van der Waals surface area contributed by atoms with Crippen LogP contribution in [0.15, 0.2) is 59.0 Å². The Morgan fingerprint density at radius 3 is 2.64 bits per heavy atom. The van der Waals surface area contributed by atoms with Crippen molar-refractivity contribution in [3.05, 3.63) is 70.7 Å². The number of hydrogen-bond acceptors (Lipinski definition) is 4. The zero-order valence-electron chi connectivity index (χ0n) is 13.2. The Balaban J connectivity index is 1.88. The van der Waals surface area contributed by atoms with Crippen LogP contribution < -0.4 is 5.43 Å². The van der Waals surface area contributed by atoms with Gasteiger partial charge in [-0.15, -0.1) is 11.3 Å². The van der Waals surface area contributed by atoms with E-state index in [-0.39, 0.29) is 0 Å². The quantitative estimate of drug-likeness (QED) is 0.486. The van der Waals surface area contributed by atoms with Crippen LogP contribution >= 0.6 is 11.3 Å². The third kappa shape index (κ3) is 4.24. The number of nitrogens with zero attached hydrogens (tertiary/aromatic N) is 2. The Morgan fingerprint density at radius 1 is 1.12 bits per heavy atom. The van der Waals surface area contributed by atoms with Crippen molar-refractivity contribution in [3.63, 3.8) is 0 Å². The molecule has 3 aromatic rings. The first kappa shape index (κ1) is 17.2. The minimum absolute atomic E-state index is 0.488. The molecule has 0 aliphatic carbocycles. The Kier molecular flexibility index (Phi) is 4.85. The first-order valence-electron chi connectivity index (χ1n) is 7.41. The van der Waals surface area contributed by atoms with Gasteiger partial charge in [0.1, 0.15) is 0 Å². The lowest BCUT2D eigenvalue weighted by Crippen LogP contribution is -2.04. The number of benzene rings is 2. The molecule has 128 valence electrons. The fourth-order valence-electron chi connectivity index (χ4n) is 2.30. The van der Waals surface area contributed by atoms with Crippen molar-refractivity contribution in [1.29, 1.82) is 0 Å². The number of alkyl halides is 3. The van der Waals surface area contributed by atoms with E-state index in [1.54, 1.807) is 30.5 Å². The molecule has 0 amide bonds. The number of nitrogens with one attached hydrogen (secondary N) is 1. The molecule has 0 spiro atoms. The van der Waals surface area contributed by atoms with Crippen LogP contribution in [0.3, 0.4) is 0 Å². The predicted octanol–water partition coefficient (Wildman–Crippen LogP) is 5.58. The average molecular weight is 361 g/mol. The second kappa shape index (κ2) is 7.06. The molecule has 0 radical (unpaired) electrons. The molecule has 1 heterocycles. The lowest BCUT2D eigenvalue weighted by Gasteiger charge is -2.10. The maximum absolute atomic E-state index is 12.9. The van der Waals surface area contributed by atoms with Gasteiger partial charge < -0.3 is 0 Å². The summed E-state index contributed by atoms with van der Waals surface area (Å²) in [6, 6.07) is 12.4. The molecule has 0 saturated heterocycles. The SMILES string of the molecule is Cc1csc(NN=Cc2ccccc2-c2cccc(C(F)(F)F)c2)n1. The highest BCUT2D eigenvalue weighted by Gasteiger charge is 2.30. The van der Waals surface area contributed by atoms with E-state index in [4.69, 9.17) is 0 Å². The fourth-order valence-corrected chi connectivity index (χ4v) is 2.93. The molecule has 0 fully saturated rings. The molecule has 0 saturated carbocycles. The summed E-state index contributed by atoms with van der Waals surface area (Å²) in [5.74, 6) is 0. The number of halogens is 3. The number of thiazole rings is 1. The zero-order valence-corrected chi connectivity index (χ0v) is 14.0. The summed E-state index contributed by atoms with van der Waals surface area (Å²) in [7, 11) is 0. The number of rotatable bonds is 4. The maximum Gasteiger partial charge on any atom is 0.416 e. The van der Waals surface area contributed by atoms with Gasteiger partial charge in [0.15, 0.2) is 0 Å².